The van der Waals surface area contributed by atoms with Gasteiger partial charge in [-0.25, -0.2) is 0 Å². The highest BCUT2D eigenvalue weighted by molar-refractivity contribution is 9.10. The van der Waals surface area contributed by atoms with Gasteiger partial charge < -0.3 is 4.90 Å². The van der Waals surface area contributed by atoms with E-state index in [4.69, 9.17) is 11.6 Å². The van der Waals surface area contributed by atoms with Crippen molar-refractivity contribution < 1.29 is 4.79 Å². The van der Waals surface area contributed by atoms with E-state index in [1.165, 1.54) is 0 Å². The van der Waals surface area contributed by atoms with Crippen LogP contribution in [0.2, 0.25) is 5.02 Å². The number of amides is 1. The third-order valence-electron chi connectivity index (χ3n) is 2.45. The molecule has 0 spiro atoms. The molecule has 0 fully saturated rings. The number of carbonyl (C=O) groups excluding carboxylic acids is 1. The van der Waals surface area contributed by atoms with Gasteiger partial charge in [0.2, 0.25) is 0 Å². The highest BCUT2D eigenvalue weighted by Crippen LogP contribution is 2.28. The first-order valence-electron chi connectivity index (χ1n) is 5.26. The van der Waals surface area contributed by atoms with Gasteiger partial charge in [-0.3, -0.25) is 4.79 Å². The van der Waals surface area contributed by atoms with E-state index in [1.54, 1.807) is 4.90 Å². The summed E-state index contributed by atoms with van der Waals surface area (Å²) < 4.78 is 0.768. The highest BCUT2D eigenvalue weighted by atomic mass is 79.9. The van der Waals surface area contributed by atoms with Gasteiger partial charge in [-0.1, -0.05) is 11.6 Å². The van der Waals surface area contributed by atoms with E-state index < -0.39 is 0 Å². The number of rotatable bonds is 3. The van der Waals surface area contributed by atoms with Gasteiger partial charge in [0.05, 0.1) is 10.6 Å². The van der Waals surface area contributed by atoms with Crippen LogP contribution in [0.4, 0.5) is 0 Å². The maximum Gasteiger partial charge on any atom is 0.255 e. The third-order valence-corrected chi connectivity index (χ3v) is 3.71. The van der Waals surface area contributed by atoms with Gasteiger partial charge in [-0.15, -0.1) is 0 Å². The van der Waals surface area contributed by atoms with Crippen molar-refractivity contribution in [3.63, 3.8) is 0 Å². The lowest BCUT2D eigenvalue weighted by Gasteiger charge is -2.19. The maximum absolute atomic E-state index is 12.2. The van der Waals surface area contributed by atoms with E-state index in [2.05, 4.69) is 15.9 Å². The number of carbonyl (C=O) groups is 1. The van der Waals surface area contributed by atoms with Gasteiger partial charge >= 0.3 is 0 Å². The Hall–Kier alpha value is -0.540. The van der Waals surface area contributed by atoms with Crippen LogP contribution < -0.4 is 0 Å². The summed E-state index contributed by atoms with van der Waals surface area (Å²) in [5.41, 5.74) is 1.59. The fourth-order valence-electron chi connectivity index (χ4n) is 1.56. The van der Waals surface area contributed by atoms with Crippen molar-refractivity contribution in [2.45, 2.75) is 20.8 Å². The molecule has 0 aliphatic carbocycles. The van der Waals surface area contributed by atoms with Crippen LogP contribution in [0.1, 0.15) is 29.8 Å². The molecule has 2 nitrogen and oxygen atoms in total. The van der Waals surface area contributed by atoms with Crippen molar-refractivity contribution in [2.75, 3.05) is 13.1 Å². The Morgan fingerprint density at radius 3 is 2.44 bits per heavy atom. The summed E-state index contributed by atoms with van der Waals surface area (Å²) in [4.78, 5) is 13.9. The first-order chi connectivity index (χ1) is 7.51. The standard InChI is InChI=1S/C12H15BrClNO/c1-4-15(5-2)12(16)9-6-8(3)7-10(13)11(9)14/h6-7H,4-5H2,1-3H3. The summed E-state index contributed by atoms with van der Waals surface area (Å²) >= 11 is 9.48. The zero-order valence-electron chi connectivity index (χ0n) is 9.68. The number of aryl methyl sites for hydroxylation is 1. The number of hydrogen-bond acceptors (Lipinski definition) is 1. The lowest BCUT2D eigenvalue weighted by atomic mass is 10.1. The average Bonchev–Trinajstić information content (AvgIpc) is 2.24. The Kier molecular flexibility index (Phi) is 4.81. The maximum atomic E-state index is 12.2. The minimum absolute atomic E-state index is 0.0144. The number of hydrogen-bond donors (Lipinski definition) is 0. The first kappa shape index (κ1) is 13.5. The monoisotopic (exact) mass is 303 g/mol. The average molecular weight is 305 g/mol. The van der Waals surface area contributed by atoms with Crippen molar-refractivity contribution in [2.24, 2.45) is 0 Å². The fourth-order valence-corrected chi connectivity index (χ4v) is 2.33. The Morgan fingerprint density at radius 2 is 1.94 bits per heavy atom. The van der Waals surface area contributed by atoms with Gasteiger partial charge in [0.15, 0.2) is 0 Å². The molecule has 4 heteroatoms. The molecule has 0 saturated heterocycles. The molecule has 0 unspecified atom stereocenters. The Labute approximate surface area is 110 Å². The van der Waals surface area contributed by atoms with E-state index >= 15 is 0 Å². The van der Waals surface area contributed by atoms with Crippen LogP contribution in [0, 0.1) is 6.92 Å². The second-order valence-corrected chi connectivity index (χ2v) is 4.82. The Bertz CT molecular complexity index is 402. The number of benzene rings is 1. The van der Waals surface area contributed by atoms with Gasteiger partial charge in [0.25, 0.3) is 5.91 Å². The van der Waals surface area contributed by atoms with Crippen molar-refractivity contribution in [3.05, 3.63) is 32.8 Å². The molecule has 0 saturated carbocycles. The predicted octanol–water partition coefficient (Wildman–Crippen LogP) is 3.89. The molecule has 0 aromatic heterocycles. The normalized spacial score (nSPS) is 10.3. The second-order valence-electron chi connectivity index (χ2n) is 3.59. The molecular formula is C12H15BrClNO. The lowest BCUT2D eigenvalue weighted by Crippen LogP contribution is -2.30. The molecule has 1 rings (SSSR count). The highest BCUT2D eigenvalue weighted by Gasteiger charge is 2.17. The summed E-state index contributed by atoms with van der Waals surface area (Å²) in [5.74, 6) is -0.0144. The summed E-state index contributed by atoms with van der Waals surface area (Å²) in [6.07, 6.45) is 0. The molecule has 1 amide bonds. The molecule has 0 aliphatic heterocycles. The molecule has 88 valence electrons. The lowest BCUT2D eigenvalue weighted by molar-refractivity contribution is 0.0773. The Morgan fingerprint density at radius 1 is 1.38 bits per heavy atom. The molecule has 0 heterocycles. The second kappa shape index (κ2) is 5.69. The molecule has 0 bridgehead atoms. The van der Waals surface area contributed by atoms with E-state index in [0.29, 0.717) is 23.7 Å². The molecule has 1 aromatic rings. The largest absolute Gasteiger partial charge is 0.339 e. The predicted molar refractivity (Wildman–Crippen MR) is 71.1 cm³/mol. The van der Waals surface area contributed by atoms with E-state index in [1.807, 2.05) is 32.9 Å². The third kappa shape index (κ3) is 2.77. The van der Waals surface area contributed by atoms with E-state index in [0.717, 1.165) is 10.0 Å². The molecule has 0 aliphatic rings. The van der Waals surface area contributed by atoms with Crippen LogP contribution in [0.5, 0.6) is 0 Å². The van der Waals surface area contributed by atoms with Gasteiger partial charge in [0, 0.05) is 17.6 Å². The minimum Gasteiger partial charge on any atom is -0.339 e. The molecule has 1 aromatic carbocycles. The van der Waals surface area contributed by atoms with Gasteiger partial charge in [-0.2, -0.15) is 0 Å². The van der Waals surface area contributed by atoms with E-state index in [9.17, 15) is 4.79 Å². The Balaban J connectivity index is 3.17. The van der Waals surface area contributed by atoms with Crippen LogP contribution in [-0.2, 0) is 0 Å². The fraction of sp³-hybridized carbons (Fsp3) is 0.417. The van der Waals surface area contributed by atoms with Crippen LogP contribution >= 0.6 is 27.5 Å². The molecular weight excluding hydrogens is 289 g/mol. The number of nitrogens with zero attached hydrogens (tertiary/aromatic N) is 1. The van der Waals surface area contributed by atoms with Crippen LogP contribution in [0.3, 0.4) is 0 Å². The minimum atomic E-state index is -0.0144. The van der Waals surface area contributed by atoms with Crippen molar-refractivity contribution >= 4 is 33.4 Å². The molecule has 0 atom stereocenters. The van der Waals surface area contributed by atoms with Crippen molar-refractivity contribution in [1.29, 1.82) is 0 Å². The summed E-state index contributed by atoms with van der Waals surface area (Å²) in [7, 11) is 0. The van der Waals surface area contributed by atoms with E-state index in [-0.39, 0.29) is 5.91 Å². The molecule has 16 heavy (non-hydrogen) atoms. The van der Waals surface area contributed by atoms with Crippen LogP contribution in [0.25, 0.3) is 0 Å². The van der Waals surface area contributed by atoms with Gasteiger partial charge in [0.1, 0.15) is 0 Å². The first-order valence-corrected chi connectivity index (χ1v) is 6.43. The molecule has 0 N–H and O–H groups in total. The van der Waals surface area contributed by atoms with Crippen LogP contribution in [0.15, 0.2) is 16.6 Å². The summed E-state index contributed by atoms with van der Waals surface area (Å²) in [6.45, 7) is 7.24. The SMILES string of the molecule is CCN(CC)C(=O)c1cc(C)cc(Br)c1Cl. The summed E-state index contributed by atoms with van der Waals surface area (Å²) in [6, 6.07) is 3.73. The zero-order chi connectivity index (χ0) is 12.3. The smallest absolute Gasteiger partial charge is 0.255 e. The quantitative estimate of drug-likeness (QED) is 0.829. The molecule has 0 radical (unpaired) electrons. The zero-order valence-corrected chi connectivity index (χ0v) is 12.0. The van der Waals surface area contributed by atoms with Crippen molar-refractivity contribution in [1.82, 2.24) is 4.90 Å². The van der Waals surface area contributed by atoms with Gasteiger partial charge in [-0.05, 0) is 54.4 Å². The summed E-state index contributed by atoms with van der Waals surface area (Å²) in [5, 5.41) is 0.488. The van der Waals surface area contributed by atoms with Crippen LogP contribution in [-0.4, -0.2) is 23.9 Å². The topological polar surface area (TPSA) is 20.3 Å². The number of halogens is 2. The van der Waals surface area contributed by atoms with Crippen molar-refractivity contribution in [3.8, 4) is 0 Å².